The highest BCUT2D eigenvalue weighted by atomic mass is 19.4. The number of nitrogens with zero attached hydrogens (tertiary/aromatic N) is 6. The lowest BCUT2D eigenvalue weighted by atomic mass is 10.2. The molecule has 0 unspecified atom stereocenters. The zero-order valence-corrected chi connectivity index (χ0v) is 15.2. The Morgan fingerprint density at radius 1 is 1.21 bits per heavy atom. The van der Waals surface area contributed by atoms with Crippen LogP contribution in [0.25, 0.3) is 16.9 Å². The molecule has 8 nitrogen and oxygen atoms in total. The monoisotopic (exact) mass is 396 g/mol. The van der Waals surface area contributed by atoms with E-state index in [9.17, 15) is 13.2 Å². The third kappa shape index (κ3) is 3.42. The van der Waals surface area contributed by atoms with Gasteiger partial charge in [-0.15, -0.1) is 0 Å². The summed E-state index contributed by atoms with van der Waals surface area (Å²) >= 11 is 0. The first-order chi connectivity index (χ1) is 13.5. The van der Waals surface area contributed by atoms with Gasteiger partial charge in [-0.2, -0.15) is 23.4 Å². The molecule has 1 fully saturated rings. The van der Waals surface area contributed by atoms with Crippen LogP contribution in [0.1, 0.15) is 5.69 Å². The van der Waals surface area contributed by atoms with Crippen molar-refractivity contribution in [3.63, 3.8) is 0 Å². The van der Waals surface area contributed by atoms with Gasteiger partial charge in [0.15, 0.2) is 11.3 Å². The van der Waals surface area contributed by atoms with Crippen molar-refractivity contribution in [1.29, 1.82) is 0 Å². The van der Waals surface area contributed by atoms with Crippen LogP contribution in [-0.2, 0) is 22.2 Å². The van der Waals surface area contributed by atoms with Crippen LogP contribution in [0.3, 0.4) is 0 Å². The fourth-order valence-corrected chi connectivity index (χ4v) is 3.24. The SMILES string of the molecule is COCCn1cc(-c2c(C(F)(F)F)nc3c(N4CCOCC4)ccnn23)cn1. The molecule has 150 valence electrons. The maximum absolute atomic E-state index is 13.8. The summed E-state index contributed by atoms with van der Waals surface area (Å²) in [5.41, 5.74) is -0.0472. The summed E-state index contributed by atoms with van der Waals surface area (Å²) in [6.45, 7) is 3.03. The molecule has 0 N–H and O–H groups in total. The molecule has 0 spiro atoms. The van der Waals surface area contributed by atoms with Gasteiger partial charge >= 0.3 is 6.18 Å². The number of halogens is 3. The van der Waals surface area contributed by atoms with Crippen molar-refractivity contribution < 1.29 is 22.6 Å². The van der Waals surface area contributed by atoms with E-state index in [-0.39, 0.29) is 11.3 Å². The number of ether oxygens (including phenoxy) is 2. The normalized spacial score (nSPS) is 15.5. The highest BCUT2D eigenvalue weighted by Crippen LogP contribution is 2.38. The van der Waals surface area contributed by atoms with Gasteiger partial charge in [-0.1, -0.05) is 0 Å². The Kier molecular flexibility index (Phi) is 4.94. The first-order valence-electron chi connectivity index (χ1n) is 8.78. The summed E-state index contributed by atoms with van der Waals surface area (Å²) in [6, 6.07) is 1.68. The van der Waals surface area contributed by atoms with Crippen LogP contribution in [-0.4, -0.2) is 64.4 Å². The van der Waals surface area contributed by atoms with Gasteiger partial charge in [-0.05, 0) is 6.07 Å². The van der Waals surface area contributed by atoms with Crippen molar-refractivity contribution in [1.82, 2.24) is 24.4 Å². The van der Waals surface area contributed by atoms with Crippen molar-refractivity contribution in [2.75, 3.05) is 44.9 Å². The Morgan fingerprint density at radius 3 is 2.71 bits per heavy atom. The van der Waals surface area contributed by atoms with Gasteiger partial charge in [0.25, 0.3) is 0 Å². The van der Waals surface area contributed by atoms with Crippen molar-refractivity contribution >= 4 is 11.3 Å². The Morgan fingerprint density at radius 2 is 2.00 bits per heavy atom. The Balaban J connectivity index is 1.85. The largest absolute Gasteiger partial charge is 0.435 e. The summed E-state index contributed by atoms with van der Waals surface area (Å²) in [6.07, 6.45) is -0.212. The molecule has 0 atom stereocenters. The van der Waals surface area contributed by atoms with Gasteiger partial charge in [0.1, 0.15) is 5.69 Å². The third-order valence-corrected chi connectivity index (χ3v) is 4.55. The van der Waals surface area contributed by atoms with Crippen LogP contribution < -0.4 is 4.90 Å². The molecular weight excluding hydrogens is 377 g/mol. The van der Waals surface area contributed by atoms with Gasteiger partial charge in [-0.25, -0.2) is 9.50 Å². The summed E-state index contributed by atoms with van der Waals surface area (Å²) in [7, 11) is 1.55. The van der Waals surface area contributed by atoms with Gasteiger partial charge < -0.3 is 14.4 Å². The standard InChI is InChI=1S/C17H19F3N6O2/c1-27-7-6-25-11-12(10-22-25)14-15(17(18,19)20)23-16-13(2-3-21-26(14)16)24-4-8-28-9-5-24/h2-3,10-11H,4-9H2,1H3. The number of fused-ring (bicyclic) bond motifs is 1. The molecule has 3 aromatic heterocycles. The Bertz CT molecular complexity index is 962. The van der Waals surface area contributed by atoms with Crippen LogP contribution in [0.4, 0.5) is 18.9 Å². The predicted octanol–water partition coefficient (Wildman–Crippen LogP) is 2.09. The van der Waals surface area contributed by atoms with Gasteiger partial charge in [0.05, 0.1) is 44.4 Å². The lowest BCUT2D eigenvalue weighted by Crippen LogP contribution is -2.36. The maximum Gasteiger partial charge on any atom is 0.435 e. The summed E-state index contributed by atoms with van der Waals surface area (Å²) in [5, 5.41) is 8.28. The average molecular weight is 396 g/mol. The first kappa shape index (κ1) is 18.7. The molecule has 4 rings (SSSR count). The minimum Gasteiger partial charge on any atom is -0.383 e. The van der Waals surface area contributed by atoms with E-state index < -0.39 is 11.9 Å². The van der Waals surface area contributed by atoms with Crippen molar-refractivity contribution in [2.24, 2.45) is 0 Å². The number of hydrogen-bond acceptors (Lipinski definition) is 6. The molecule has 0 saturated carbocycles. The third-order valence-electron chi connectivity index (χ3n) is 4.55. The summed E-state index contributed by atoms with van der Waals surface area (Å²) in [5.74, 6) is 0. The number of anilines is 1. The fourth-order valence-electron chi connectivity index (χ4n) is 3.24. The van der Waals surface area contributed by atoms with Crippen molar-refractivity contribution in [3.8, 4) is 11.3 Å². The molecule has 0 bridgehead atoms. The highest BCUT2D eigenvalue weighted by Gasteiger charge is 2.39. The topological polar surface area (TPSA) is 69.7 Å². The number of rotatable bonds is 5. The second-order valence-corrected chi connectivity index (χ2v) is 6.34. The van der Waals surface area contributed by atoms with E-state index >= 15 is 0 Å². The highest BCUT2D eigenvalue weighted by molar-refractivity contribution is 5.75. The van der Waals surface area contributed by atoms with E-state index in [1.54, 1.807) is 19.4 Å². The number of imidazole rings is 1. The average Bonchev–Trinajstić information content (AvgIpc) is 3.30. The lowest BCUT2D eigenvalue weighted by Gasteiger charge is -2.28. The summed E-state index contributed by atoms with van der Waals surface area (Å²) < 4.78 is 54.4. The number of methoxy groups -OCH3 is 1. The van der Waals surface area contributed by atoms with Gasteiger partial charge in [0, 0.05) is 32.0 Å². The van der Waals surface area contributed by atoms with Gasteiger partial charge in [-0.3, -0.25) is 4.68 Å². The molecule has 28 heavy (non-hydrogen) atoms. The van der Waals surface area contributed by atoms with E-state index in [0.29, 0.717) is 50.7 Å². The Labute approximate surface area is 158 Å². The quantitative estimate of drug-likeness (QED) is 0.658. The maximum atomic E-state index is 13.8. The fraction of sp³-hybridized carbons (Fsp3) is 0.471. The van der Waals surface area contributed by atoms with E-state index in [0.717, 1.165) is 0 Å². The zero-order valence-electron chi connectivity index (χ0n) is 15.2. The molecule has 0 radical (unpaired) electrons. The van der Waals surface area contributed by atoms with Crippen LogP contribution in [0, 0.1) is 0 Å². The van der Waals surface area contributed by atoms with Crippen molar-refractivity contribution in [2.45, 2.75) is 12.7 Å². The van der Waals surface area contributed by atoms with E-state index in [4.69, 9.17) is 9.47 Å². The number of morpholine rings is 1. The smallest absolute Gasteiger partial charge is 0.383 e. The number of hydrogen-bond donors (Lipinski definition) is 0. The minimum absolute atomic E-state index is 0.124. The van der Waals surface area contributed by atoms with E-state index in [1.807, 2.05) is 4.90 Å². The van der Waals surface area contributed by atoms with Crippen LogP contribution in [0.5, 0.6) is 0 Å². The number of aromatic nitrogens is 5. The summed E-state index contributed by atoms with van der Waals surface area (Å²) in [4.78, 5) is 5.90. The minimum atomic E-state index is -4.63. The lowest BCUT2D eigenvalue weighted by molar-refractivity contribution is -0.140. The molecule has 0 aliphatic carbocycles. The van der Waals surface area contributed by atoms with Crippen LogP contribution in [0.15, 0.2) is 24.7 Å². The van der Waals surface area contributed by atoms with E-state index in [1.165, 1.54) is 21.6 Å². The molecule has 1 saturated heterocycles. The second kappa shape index (κ2) is 7.40. The van der Waals surface area contributed by atoms with Gasteiger partial charge in [0.2, 0.25) is 0 Å². The van der Waals surface area contributed by atoms with Crippen LogP contribution >= 0.6 is 0 Å². The molecule has 1 aliphatic rings. The first-order valence-corrected chi connectivity index (χ1v) is 8.78. The molecule has 0 amide bonds. The molecule has 4 heterocycles. The molecule has 1 aliphatic heterocycles. The van der Waals surface area contributed by atoms with Crippen LogP contribution in [0.2, 0.25) is 0 Å². The molecule has 11 heteroatoms. The van der Waals surface area contributed by atoms with Crippen molar-refractivity contribution in [3.05, 3.63) is 30.4 Å². The van der Waals surface area contributed by atoms with E-state index in [2.05, 4.69) is 15.2 Å². The number of alkyl halides is 3. The molecule has 3 aromatic rings. The molecular formula is C17H19F3N6O2. The molecule has 0 aromatic carbocycles. The predicted molar refractivity (Wildman–Crippen MR) is 94.1 cm³/mol. The zero-order chi connectivity index (χ0) is 19.7. The Hall–Kier alpha value is -2.66. The second-order valence-electron chi connectivity index (χ2n) is 6.34.